The lowest BCUT2D eigenvalue weighted by Gasteiger charge is -2.19. The van der Waals surface area contributed by atoms with Gasteiger partial charge in [-0.2, -0.15) is 4.31 Å². The third-order valence-electron chi connectivity index (χ3n) is 3.75. The first-order valence-corrected chi connectivity index (χ1v) is 8.67. The fraction of sp³-hybridized carbons (Fsp3) is 0.538. The van der Waals surface area contributed by atoms with Crippen molar-refractivity contribution >= 4 is 38.9 Å². The summed E-state index contributed by atoms with van der Waals surface area (Å²) >= 11 is 12.1. The predicted octanol–water partition coefficient (Wildman–Crippen LogP) is 3.24. The number of nitrogens with zero attached hydrogens (tertiary/aromatic N) is 1. The first-order chi connectivity index (χ1) is 9.23. The number of nitrogens with two attached hydrogens (primary N) is 1. The van der Waals surface area contributed by atoms with Crippen LogP contribution in [0.25, 0.3) is 0 Å². The van der Waals surface area contributed by atoms with Gasteiger partial charge in [0, 0.05) is 18.8 Å². The van der Waals surface area contributed by atoms with E-state index in [0.717, 1.165) is 6.42 Å². The molecule has 112 valence electrons. The van der Waals surface area contributed by atoms with Gasteiger partial charge in [-0.25, -0.2) is 8.42 Å². The van der Waals surface area contributed by atoms with Crippen molar-refractivity contribution in [3.05, 3.63) is 22.2 Å². The van der Waals surface area contributed by atoms with Crippen LogP contribution in [0.2, 0.25) is 10.0 Å². The number of benzene rings is 1. The van der Waals surface area contributed by atoms with Crippen LogP contribution < -0.4 is 5.73 Å². The summed E-state index contributed by atoms with van der Waals surface area (Å²) in [5.74, 6) is 0.823. The zero-order chi connectivity index (χ0) is 15.1. The molecule has 1 atom stereocenters. The van der Waals surface area contributed by atoms with Crippen LogP contribution in [0.1, 0.15) is 20.3 Å². The molecule has 1 aliphatic heterocycles. The summed E-state index contributed by atoms with van der Waals surface area (Å²) < 4.78 is 26.8. The lowest BCUT2D eigenvalue weighted by atomic mass is 9.96. The van der Waals surface area contributed by atoms with Crippen LogP contribution in [0.5, 0.6) is 0 Å². The summed E-state index contributed by atoms with van der Waals surface area (Å²) in [7, 11) is -3.67. The normalized spacial score (nSPS) is 20.8. The Morgan fingerprint density at radius 1 is 1.30 bits per heavy atom. The minimum absolute atomic E-state index is 0.0422. The highest BCUT2D eigenvalue weighted by Gasteiger charge is 2.36. The largest absolute Gasteiger partial charge is 0.399 e. The molecule has 7 heteroatoms. The molecule has 1 saturated heterocycles. The molecule has 0 bridgehead atoms. The summed E-state index contributed by atoms with van der Waals surface area (Å²) in [6.45, 7) is 5.22. The molecule has 0 aromatic heterocycles. The Labute approximate surface area is 129 Å². The standard InChI is InChI=1S/C13H18Cl2N2O2S/c1-8(2)9-3-4-17(7-9)20(18,19)13-11(14)5-10(16)6-12(13)15/h5-6,8-9H,3-4,7,16H2,1-2H3. The average Bonchev–Trinajstić information content (AvgIpc) is 2.76. The fourth-order valence-corrected chi connectivity index (χ4v) is 5.16. The second-order valence-electron chi connectivity index (χ2n) is 5.47. The van der Waals surface area contributed by atoms with Crippen molar-refractivity contribution in [3.63, 3.8) is 0 Å². The Hall–Kier alpha value is -0.490. The maximum Gasteiger partial charge on any atom is 0.246 e. The average molecular weight is 337 g/mol. The maximum absolute atomic E-state index is 12.7. The second-order valence-corrected chi connectivity index (χ2v) is 8.16. The van der Waals surface area contributed by atoms with Crippen molar-refractivity contribution in [1.29, 1.82) is 0 Å². The number of nitrogen functional groups attached to an aromatic ring is 1. The summed E-state index contributed by atoms with van der Waals surface area (Å²) in [6, 6.07) is 2.83. The number of halogens is 2. The van der Waals surface area contributed by atoms with Crippen LogP contribution in [-0.2, 0) is 10.0 Å². The van der Waals surface area contributed by atoms with E-state index in [2.05, 4.69) is 13.8 Å². The monoisotopic (exact) mass is 336 g/mol. The van der Waals surface area contributed by atoms with E-state index in [1.807, 2.05) is 0 Å². The molecule has 0 saturated carbocycles. The Balaban J connectivity index is 2.38. The van der Waals surface area contributed by atoms with Crippen molar-refractivity contribution < 1.29 is 8.42 Å². The van der Waals surface area contributed by atoms with Gasteiger partial charge in [-0.15, -0.1) is 0 Å². The molecule has 1 aliphatic rings. The van der Waals surface area contributed by atoms with E-state index in [1.54, 1.807) is 0 Å². The summed E-state index contributed by atoms with van der Waals surface area (Å²) in [6.07, 6.45) is 0.862. The van der Waals surface area contributed by atoms with E-state index < -0.39 is 10.0 Å². The Morgan fingerprint density at radius 2 is 1.85 bits per heavy atom. The highest BCUT2D eigenvalue weighted by Crippen LogP contribution is 2.36. The molecule has 1 aromatic rings. The molecular weight excluding hydrogens is 319 g/mol. The van der Waals surface area contributed by atoms with Gasteiger partial charge in [0.05, 0.1) is 10.0 Å². The molecule has 1 fully saturated rings. The molecule has 1 aromatic carbocycles. The van der Waals surface area contributed by atoms with Gasteiger partial charge in [0.1, 0.15) is 4.90 Å². The Bertz CT molecular complexity index is 594. The van der Waals surface area contributed by atoms with Gasteiger partial charge in [-0.3, -0.25) is 0 Å². The molecule has 4 nitrogen and oxygen atoms in total. The van der Waals surface area contributed by atoms with Crippen LogP contribution in [0.4, 0.5) is 5.69 Å². The van der Waals surface area contributed by atoms with Crippen molar-refractivity contribution in [2.75, 3.05) is 18.8 Å². The van der Waals surface area contributed by atoms with Crippen molar-refractivity contribution in [2.24, 2.45) is 11.8 Å². The van der Waals surface area contributed by atoms with E-state index in [4.69, 9.17) is 28.9 Å². The van der Waals surface area contributed by atoms with Crippen LogP contribution >= 0.6 is 23.2 Å². The number of rotatable bonds is 3. The van der Waals surface area contributed by atoms with E-state index >= 15 is 0 Å². The predicted molar refractivity (Wildman–Crippen MR) is 82.6 cm³/mol. The van der Waals surface area contributed by atoms with E-state index in [1.165, 1.54) is 16.4 Å². The van der Waals surface area contributed by atoms with Crippen LogP contribution in [0, 0.1) is 11.8 Å². The molecule has 1 heterocycles. The second kappa shape index (κ2) is 5.72. The quantitative estimate of drug-likeness (QED) is 0.861. The van der Waals surface area contributed by atoms with Gasteiger partial charge >= 0.3 is 0 Å². The Morgan fingerprint density at radius 3 is 2.30 bits per heavy atom. The molecule has 20 heavy (non-hydrogen) atoms. The lowest BCUT2D eigenvalue weighted by molar-refractivity contribution is 0.388. The molecule has 2 rings (SSSR count). The zero-order valence-electron chi connectivity index (χ0n) is 11.4. The maximum atomic E-state index is 12.7. The number of sulfonamides is 1. The van der Waals surface area contributed by atoms with Crippen molar-refractivity contribution in [1.82, 2.24) is 4.31 Å². The topological polar surface area (TPSA) is 63.4 Å². The third-order valence-corrected chi connectivity index (χ3v) is 6.54. The van der Waals surface area contributed by atoms with E-state index in [0.29, 0.717) is 30.6 Å². The van der Waals surface area contributed by atoms with Gasteiger partial charge in [-0.1, -0.05) is 37.0 Å². The summed E-state index contributed by atoms with van der Waals surface area (Å²) in [5.41, 5.74) is 5.96. The van der Waals surface area contributed by atoms with Crippen LogP contribution in [-0.4, -0.2) is 25.8 Å². The molecule has 1 unspecified atom stereocenters. The highest BCUT2D eigenvalue weighted by atomic mass is 35.5. The number of hydrogen-bond donors (Lipinski definition) is 1. The van der Waals surface area contributed by atoms with Crippen molar-refractivity contribution in [2.45, 2.75) is 25.2 Å². The minimum Gasteiger partial charge on any atom is -0.399 e. The van der Waals surface area contributed by atoms with E-state index in [-0.39, 0.29) is 14.9 Å². The molecule has 0 radical (unpaired) electrons. The first-order valence-electron chi connectivity index (χ1n) is 6.48. The minimum atomic E-state index is -3.67. The van der Waals surface area contributed by atoms with Gasteiger partial charge in [0.2, 0.25) is 10.0 Å². The SMILES string of the molecule is CC(C)C1CCN(S(=O)(=O)c2c(Cl)cc(N)cc2Cl)C1. The van der Waals surface area contributed by atoms with Crippen molar-refractivity contribution in [3.8, 4) is 0 Å². The third kappa shape index (κ3) is 2.91. The van der Waals surface area contributed by atoms with E-state index in [9.17, 15) is 8.42 Å². The molecule has 0 aliphatic carbocycles. The molecular formula is C13H18Cl2N2O2S. The highest BCUT2D eigenvalue weighted by molar-refractivity contribution is 7.89. The van der Waals surface area contributed by atoms with Crippen LogP contribution in [0.3, 0.4) is 0 Å². The number of hydrogen-bond acceptors (Lipinski definition) is 3. The van der Waals surface area contributed by atoms with Gasteiger partial charge in [0.25, 0.3) is 0 Å². The first kappa shape index (κ1) is 15.9. The summed E-state index contributed by atoms with van der Waals surface area (Å²) in [5, 5.41) is 0.144. The molecule has 0 amide bonds. The van der Waals surface area contributed by atoms with Gasteiger partial charge in [0.15, 0.2) is 0 Å². The lowest BCUT2D eigenvalue weighted by Crippen LogP contribution is -2.30. The summed E-state index contributed by atoms with van der Waals surface area (Å²) in [4.78, 5) is -0.0422. The fourth-order valence-electron chi connectivity index (χ4n) is 2.47. The van der Waals surface area contributed by atoms with Gasteiger partial charge in [-0.05, 0) is 30.4 Å². The zero-order valence-corrected chi connectivity index (χ0v) is 13.8. The van der Waals surface area contributed by atoms with Gasteiger partial charge < -0.3 is 5.73 Å². The molecule has 2 N–H and O–H groups in total. The number of anilines is 1. The molecule has 0 spiro atoms. The smallest absolute Gasteiger partial charge is 0.246 e. The Kier molecular flexibility index (Phi) is 4.54. The van der Waals surface area contributed by atoms with Crippen LogP contribution in [0.15, 0.2) is 17.0 Å².